The van der Waals surface area contributed by atoms with Crippen molar-refractivity contribution in [1.29, 1.82) is 0 Å². The van der Waals surface area contributed by atoms with E-state index in [1.54, 1.807) is 12.4 Å². The number of aromatic nitrogens is 4. The van der Waals surface area contributed by atoms with Crippen molar-refractivity contribution < 1.29 is 4.52 Å². The summed E-state index contributed by atoms with van der Waals surface area (Å²) in [4.78, 5) is 13.1. The smallest absolute Gasteiger partial charge is 0.244 e. The first-order valence-electron chi connectivity index (χ1n) is 7.18. The molecule has 1 saturated heterocycles. The Labute approximate surface area is 121 Å². The topological polar surface area (TPSA) is 76.7 Å². The summed E-state index contributed by atoms with van der Waals surface area (Å²) in [6, 6.07) is 5.98. The van der Waals surface area contributed by atoms with Crippen molar-refractivity contribution in [3.05, 3.63) is 36.5 Å². The third kappa shape index (κ3) is 2.38. The van der Waals surface area contributed by atoms with Gasteiger partial charge in [0.1, 0.15) is 0 Å². The molecule has 0 spiro atoms. The van der Waals surface area contributed by atoms with E-state index < -0.39 is 0 Å². The fourth-order valence-electron chi connectivity index (χ4n) is 2.66. The third-order valence-electron chi connectivity index (χ3n) is 3.78. The maximum absolute atomic E-state index is 5.41. The molecule has 3 heterocycles. The van der Waals surface area contributed by atoms with Gasteiger partial charge in [-0.2, -0.15) is 4.98 Å². The van der Waals surface area contributed by atoms with Gasteiger partial charge in [0.25, 0.3) is 0 Å². The Morgan fingerprint density at radius 1 is 1.10 bits per heavy atom. The van der Waals surface area contributed by atoms with E-state index in [0.29, 0.717) is 11.7 Å². The highest BCUT2D eigenvalue weighted by atomic mass is 16.5. The van der Waals surface area contributed by atoms with Gasteiger partial charge in [-0.05, 0) is 37.6 Å². The van der Waals surface area contributed by atoms with Gasteiger partial charge < -0.3 is 9.84 Å². The minimum Gasteiger partial charge on any atom is -0.337 e. The average Bonchev–Trinajstić information content (AvgIpc) is 3.05. The highest BCUT2D eigenvalue weighted by Crippen LogP contribution is 2.25. The number of fused-ring (bicyclic) bond motifs is 1. The summed E-state index contributed by atoms with van der Waals surface area (Å²) in [6.45, 7) is 1.01. The van der Waals surface area contributed by atoms with Crippen LogP contribution >= 0.6 is 0 Å². The summed E-state index contributed by atoms with van der Waals surface area (Å²) in [5, 5.41) is 7.51. The Morgan fingerprint density at radius 3 is 2.86 bits per heavy atom. The van der Waals surface area contributed by atoms with E-state index in [2.05, 4.69) is 25.4 Å². The summed E-state index contributed by atoms with van der Waals surface area (Å²) in [7, 11) is 0. The second-order valence-electron chi connectivity index (χ2n) is 5.22. The molecule has 0 saturated carbocycles. The largest absolute Gasteiger partial charge is 0.337 e. The highest BCUT2D eigenvalue weighted by Gasteiger charge is 2.21. The van der Waals surface area contributed by atoms with Crippen molar-refractivity contribution in [2.45, 2.75) is 25.3 Å². The van der Waals surface area contributed by atoms with Crippen LogP contribution in [-0.4, -0.2) is 26.7 Å². The molecular formula is C15H15N5O. The molecule has 6 nitrogen and oxygen atoms in total. The molecule has 1 fully saturated rings. The van der Waals surface area contributed by atoms with E-state index in [9.17, 15) is 0 Å². The molecule has 106 valence electrons. The first kappa shape index (κ1) is 12.4. The molecule has 0 radical (unpaired) electrons. The fourth-order valence-corrected chi connectivity index (χ4v) is 2.66. The Morgan fingerprint density at radius 2 is 2.00 bits per heavy atom. The van der Waals surface area contributed by atoms with Gasteiger partial charge in [-0.25, -0.2) is 0 Å². The van der Waals surface area contributed by atoms with E-state index in [1.165, 1.54) is 12.8 Å². The molecule has 6 heteroatoms. The first-order chi connectivity index (χ1) is 10.4. The Balaban J connectivity index is 1.67. The van der Waals surface area contributed by atoms with Gasteiger partial charge in [-0.3, -0.25) is 9.97 Å². The van der Waals surface area contributed by atoms with Gasteiger partial charge >= 0.3 is 0 Å². The van der Waals surface area contributed by atoms with E-state index >= 15 is 0 Å². The molecule has 0 aliphatic carbocycles. The molecule has 0 amide bonds. The fraction of sp³-hybridized carbons (Fsp3) is 0.333. The first-order valence-corrected chi connectivity index (χ1v) is 7.18. The van der Waals surface area contributed by atoms with E-state index in [0.717, 1.165) is 29.6 Å². The quantitative estimate of drug-likeness (QED) is 0.777. The number of rotatable bonds is 2. The van der Waals surface area contributed by atoms with E-state index in [-0.39, 0.29) is 6.04 Å². The normalized spacial score (nSPS) is 19.0. The summed E-state index contributed by atoms with van der Waals surface area (Å²) >= 11 is 0. The Hall–Kier alpha value is -2.34. The number of piperidine rings is 1. The van der Waals surface area contributed by atoms with Crippen LogP contribution in [0.1, 0.15) is 31.2 Å². The molecule has 4 rings (SSSR count). The van der Waals surface area contributed by atoms with Crippen LogP contribution < -0.4 is 5.32 Å². The molecule has 3 aromatic rings. The van der Waals surface area contributed by atoms with Crippen molar-refractivity contribution in [3.63, 3.8) is 0 Å². The second kappa shape index (κ2) is 5.21. The SMILES string of the molecule is c1cnc2cc(-c3noc([C@H]4CCCCN4)n3)ccc2n1. The van der Waals surface area contributed by atoms with Crippen molar-refractivity contribution in [1.82, 2.24) is 25.4 Å². The van der Waals surface area contributed by atoms with Gasteiger partial charge in [-0.1, -0.05) is 11.6 Å². The van der Waals surface area contributed by atoms with Crippen LogP contribution in [0.4, 0.5) is 0 Å². The highest BCUT2D eigenvalue weighted by molar-refractivity contribution is 5.79. The predicted molar refractivity (Wildman–Crippen MR) is 77.4 cm³/mol. The molecule has 1 N–H and O–H groups in total. The van der Waals surface area contributed by atoms with Crippen LogP contribution in [-0.2, 0) is 0 Å². The van der Waals surface area contributed by atoms with Crippen LogP contribution in [0.25, 0.3) is 22.4 Å². The zero-order valence-electron chi connectivity index (χ0n) is 11.5. The van der Waals surface area contributed by atoms with Crippen molar-refractivity contribution in [2.24, 2.45) is 0 Å². The lowest BCUT2D eigenvalue weighted by molar-refractivity contribution is 0.297. The zero-order valence-corrected chi connectivity index (χ0v) is 11.5. The van der Waals surface area contributed by atoms with Gasteiger partial charge in [0.15, 0.2) is 0 Å². The number of nitrogens with one attached hydrogen (secondary N) is 1. The molecule has 1 aromatic carbocycles. The molecule has 0 unspecified atom stereocenters. The van der Waals surface area contributed by atoms with Crippen molar-refractivity contribution in [3.8, 4) is 11.4 Å². The van der Waals surface area contributed by atoms with Crippen LogP contribution in [0, 0.1) is 0 Å². The number of benzene rings is 1. The monoisotopic (exact) mass is 281 g/mol. The molecule has 1 aliphatic heterocycles. The summed E-state index contributed by atoms with van der Waals surface area (Å²) < 4.78 is 5.41. The molecule has 2 aromatic heterocycles. The van der Waals surface area contributed by atoms with Crippen molar-refractivity contribution >= 4 is 11.0 Å². The maximum atomic E-state index is 5.41. The molecule has 0 bridgehead atoms. The minimum absolute atomic E-state index is 0.181. The zero-order chi connectivity index (χ0) is 14.1. The summed E-state index contributed by atoms with van der Waals surface area (Å²) in [5.74, 6) is 1.27. The number of hydrogen-bond donors (Lipinski definition) is 1. The van der Waals surface area contributed by atoms with Crippen LogP contribution in [0.5, 0.6) is 0 Å². The van der Waals surface area contributed by atoms with Crippen LogP contribution in [0.15, 0.2) is 35.1 Å². The molecule has 1 atom stereocenters. The van der Waals surface area contributed by atoms with Crippen molar-refractivity contribution in [2.75, 3.05) is 6.54 Å². The lowest BCUT2D eigenvalue weighted by Gasteiger charge is -2.19. The number of nitrogens with zero attached hydrogens (tertiary/aromatic N) is 4. The van der Waals surface area contributed by atoms with Gasteiger partial charge in [0.2, 0.25) is 11.7 Å². The van der Waals surface area contributed by atoms with Crippen LogP contribution in [0.3, 0.4) is 0 Å². The van der Waals surface area contributed by atoms with Gasteiger partial charge in [0, 0.05) is 18.0 Å². The number of hydrogen-bond acceptors (Lipinski definition) is 6. The third-order valence-corrected chi connectivity index (χ3v) is 3.78. The lowest BCUT2D eigenvalue weighted by atomic mass is 10.1. The second-order valence-corrected chi connectivity index (χ2v) is 5.22. The van der Waals surface area contributed by atoms with Gasteiger partial charge in [-0.15, -0.1) is 0 Å². The lowest BCUT2D eigenvalue weighted by Crippen LogP contribution is -2.26. The Bertz CT molecular complexity index is 763. The molecule has 1 aliphatic rings. The average molecular weight is 281 g/mol. The maximum Gasteiger partial charge on any atom is 0.244 e. The standard InChI is InChI=1S/C15H15N5O/c1-2-6-16-12(3-1)15-19-14(20-21-15)10-4-5-11-13(9-10)18-8-7-17-11/h4-5,7-9,12,16H,1-3,6H2/t12-/m1/s1. The van der Waals surface area contributed by atoms with Gasteiger partial charge in [0.05, 0.1) is 17.1 Å². The van der Waals surface area contributed by atoms with E-state index in [1.807, 2.05) is 18.2 Å². The predicted octanol–water partition coefficient (Wildman–Crippen LogP) is 2.49. The summed E-state index contributed by atoms with van der Waals surface area (Å²) in [5.41, 5.74) is 2.59. The Kier molecular flexibility index (Phi) is 3.08. The molecule has 21 heavy (non-hydrogen) atoms. The minimum atomic E-state index is 0.181. The van der Waals surface area contributed by atoms with E-state index in [4.69, 9.17) is 4.52 Å². The molecular weight excluding hydrogens is 266 g/mol. The van der Waals surface area contributed by atoms with Crippen LogP contribution in [0.2, 0.25) is 0 Å². The summed E-state index contributed by atoms with van der Waals surface area (Å²) in [6.07, 6.45) is 6.82.